The number of sulfonamides is 1. The molecule has 0 aliphatic heterocycles. The van der Waals surface area contributed by atoms with Gasteiger partial charge in [0.05, 0.1) is 10.9 Å². The second-order valence-electron chi connectivity index (χ2n) is 6.50. The van der Waals surface area contributed by atoms with Crippen molar-refractivity contribution in [3.63, 3.8) is 0 Å². The van der Waals surface area contributed by atoms with E-state index in [1.165, 1.54) is 9.87 Å². The Balaban J connectivity index is 1.91. The van der Waals surface area contributed by atoms with Crippen molar-refractivity contribution in [1.82, 2.24) is 4.31 Å². The van der Waals surface area contributed by atoms with Gasteiger partial charge in [0.2, 0.25) is 10.0 Å². The van der Waals surface area contributed by atoms with Crippen LogP contribution in [0.4, 0.5) is 0 Å². The van der Waals surface area contributed by atoms with Crippen molar-refractivity contribution in [2.45, 2.75) is 43.5 Å². The van der Waals surface area contributed by atoms with Gasteiger partial charge in [-0.05, 0) is 47.6 Å². The van der Waals surface area contributed by atoms with Gasteiger partial charge in [-0.3, -0.25) is 0 Å². The molecular formula is C19H23NO2S. The Kier molecular flexibility index (Phi) is 4.30. The van der Waals surface area contributed by atoms with Crippen LogP contribution < -0.4 is 0 Å². The van der Waals surface area contributed by atoms with Gasteiger partial charge in [0, 0.05) is 7.05 Å². The van der Waals surface area contributed by atoms with E-state index in [1.54, 1.807) is 19.2 Å². The van der Waals surface area contributed by atoms with Crippen LogP contribution in [0.5, 0.6) is 0 Å². The summed E-state index contributed by atoms with van der Waals surface area (Å²) in [7, 11) is -1.78. The lowest BCUT2D eigenvalue weighted by Crippen LogP contribution is -2.30. The van der Waals surface area contributed by atoms with Crippen LogP contribution in [0.1, 0.15) is 48.9 Å². The third-order valence-corrected chi connectivity index (χ3v) is 6.64. The van der Waals surface area contributed by atoms with Gasteiger partial charge < -0.3 is 0 Å². The van der Waals surface area contributed by atoms with Crippen molar-refractivity contribution in [2.75, 3.05) is 7.05 Å². The van der Waals surface area contributed by atoms with Crippen LogP contribution in [0.25, 0.3) is 0 Å². The molecule has 0 spiro atoms. The Hall–Kier alpha value is -1.65. The zero-order valence-corrected chi connectivity index (χ0v) is 14.7. The Bertz CT molecular complexity index is 794. The zero-order valence-electron chi connectivity index (χ0n) is 13.9. The molecule has 0 aromatic heterocycles. The summed E-state index contributed by atoms with van der Waals surface area (Å²) in [6.07, 6.45) is 1.78. The largest absolute Gasteiger partial charge is 0.243 e. The monoisotopic (exact) mass is 329 g/mol. The molecule has 0 N–H and O–H groups in total. The lowest BCUT2D eigenvalue weighted by Gasteiger charge is -2.25. The number of hydrogen-bond acceptors (Lipinski definition) is 2. The summed E-state index contributed by atoms with van der Waals surface area (Å²) in [6, 6.07) is 15.3. The van der Waals surface area contributed by atoms with Crippen molar-refractivity contribution in [2.24, 2.45) is 0 Å². The first kappa shape index (κ1) is 16.2. The van der Waals surface area contributed by atoms with Gasteiger partial charge in [0.25, 0.3) is 0 Å². The van der Waals surface area contributed by atoms with Gasteiger partial charge in [-0.15, -0.1) is 0 Å². The maximum atomic E-state index is 12.9. The number of hydrogen-bond donors (Lipinski definition) is 0. The van der Waals surface area contributed by atoms with E-state index in [1.807, 2.05) is 30.3 Å². The molecule has 0 saturated carbocycles. The predicted molar refractivity (Wildman–Crippen MR) is 93.0 cm³/mol. The fourth-order valence-electron chi connectivity index (χ4n) is 3.27. The van der Waals surface area contributed by atoms with Crippen LogP contribution >= 0.6 is 0 Å². The van der Waals surface area contributed by atoms with E-state index < -0.39 is 10.0 Å². The smallest absolute Gasteiger partial charge is 0.207 e. The number of benzene rings is 2. The van der Waals surface area contributed by atoms with Crippen LogP contribution in [0.3, 0.4) is 0 Å². The topological polar surface area (TPSA) is 37.4 Å². The van der Waals surface area contributed by atoms with Crippen molar-refractivity contribution in [1.29, 1.82) is 0 Å². The molecule has 3 nitrogen and oxygen atoms in total. The van der Waals surface area contributed by atoms with Gasteiger partial charge in [-0.1, -0.05) is 50.2 Å². The molecule has 1 atom stereocenters. The molecule has 1 aliphatic rings. The zero-order chi connectivity index (χ0) is 16.6. The van der Waals surface area contributed by atoms with Crippen molar-refractivity contribution in [3.05, 3.63) is 65.2 Å². The molecule has 4 heteroatoms. The Morgan fingerprint density at radius 3 is 2.35 bits per heavy atom. The highest BCUT2D eigenvalue weighted by Crippen LogP contribution is 2.37. The van der Waals surface area contributed by atoms with Gasteiger partial charge in [-0.2, -0.15) is 4.31 Å². The van der Waals surface area contributed by atoms with E-state index >= 15 is 0 Å². The Labute approximate surface area is 139 Å². The molecule has 3 rings (SSSR count). The molecule has 2 aromatic carbocycles. The predicted octanol–water partition coefficient (Wildman–Crippen LogP) is 4.12. The second kappa shape index (κ2) is 6.10. The fourth-order valence-corrected chi connectivity index (χ4v) is 4.64. The van der Waals surface area contributed by atoms with Gasteiger partial charge in [-0.25, -0.2) is 8.42 Å². The van der Waals surface area contributed by atoms with Crippen LogP contribution in [-0.2, 0) is 16.4 Å². The van der Waals surface area contributed by atoms with Crippen molar-refractivity contribution >= 4 is 10.0 Å². The SMILES string of the molecule is CC(C)c1ccc(S(=O)(=O)N(C)C2CCc3ccccc32)cc1. The van der Waals surface area contributed by atoms with E-state index in [0.717, 1.165) is 24.0 Å². The summed E-state index contributed by atoms with van der Waals surface area (Å²) < 4.78 is 27.4. The Morgan fingerprint density at radius 2 is 1.70 bits per heavy atom. The minimum Gasteiger partial charge on any atom is -0.207 e. The fraction of sp³-hybridized carbons (Fsp3) is 0.368. The summed E-state index contributed by atoms with van der Waals surface area (Å²) in [6.45, 7) is 4.20. The molecule has 0 fully saturated rings. The van der Waals surface area contributed by atoms with Crippen LogP contribution in [0, 0.1) is 0 Å². The minimum absolute atomic E-state index is 0.0685. The maximum absolute atomic E-state index is 12.9. The average molecular weight is 329 g/mol. The van der Waals surface area contributed by atoms with Crippen molar-refractivity contribution in [3.8, 4) is 0 Å². The number of nitrogens with zero attached hydrogens (tertiary/aromatic N) is 1. The molecule has 1 aliphatic carbocycles. The van der Waals surface area contributed by atoms with E-state index in [2.05, 4.69) is 19.9 Å². The highest BCUT2D eigenvalue weighted by Gasteiger charge is 2.33. The molecule has 0 amide bonds. The maximum Gasteiger partial charge on any atom is 0.243 e. The molecule has 0 heterocycles. The molecule has 0 bridgehead atoms. The van der Waals surface area contributed by atoms with E-state index in [-0.39, 0.29) is 6.04 Å². The lowest BCUT2D eigenvalue weighted by molar-refractivity contribution is 0.374. The number of fused-ring (bicyclic) bond motifs is 1. The first-order valence-corrected chi connectivity index (χ1v) is 9.51. The minimum atomic E-state index is -3.47. The summed E-state index contributed by atoms with van der Waals surface area (Å²) >= 11 is 0. The third-order valence-electron chi connectivity index (χ3n) is 4.76. The highest BCUT2D eigenvalue weighted by molar-refractivity contribution is 7.89. The van der Waals surface area contributed by atoms with Crippen LogP contribution in [-0.4, -0.2) is 19.8 Å². The summed E-state index contributed by atoms with van der Waals surface area (Å²) in [5.74, 6) is 0.395. The molecule has 0 radical (unpaired) electrons. The lowest BCUT2D eigenvalue weighted by atomic mass is 10.0. The highest BCUT2D eigenvalue weighted by atomic mass is 32.2. The molecule has 122 valence electrons. The molecule has 23 heavy (non-hydrogen) atoms. The Morgan fingerprint density at radius 1 is 1.04 bits per heavy atom. The number of rotatable bonds is 4. The average Bonchev–Trinajstić information content (AvgIpc) is 2.98. The molecule has 1 unspecified atom stereocenters. The van der Waals surface area contributed by atoms with E-state index in [4.69, 9.17) is 0 Å². The quantitative estimate of drug-likeness (QED) is 0.846. The number of aryl methyl sites for hydroxylation is 1. The first-order valence-electron chi connectivity index (χ1n) is 8.07. The standard InChI is InChI=1S/C19H23NO2S/c1-14(2)15-8-11-17(12-9-15)23(21,22)20(3)19-13-10-16-6-4-5-7-18(16)19/h4-9,11-12,14,19H,10,13H2,1-3H3. The van der Waals surface area contributed by atoms with E-state index in [9.17, 15) is 8.42 Å². The summed E-state index contributed by atoms with van der Waals surface area (Å²) in [5, 5.41) is 0. The van der Waals surface area contributed by atoms with Gasteiger partial charge >= 0.3 is 0 Å². The van der Waals surface area contributed by atoms with Crippen LogP contribution in [0.15, 0.2) is 53.4 Å². The molecule has 2 aromatic rings. The molecule has 0 saturated heterocycles. The molecular weight excluding hydrogens is 306 g/mol. The summed E-state index contributed by atoms with van der Waals surface area (Å²) in [4.78, 5) is 0.369. The van der Waals surface area contributed by atoms with Crippen molar-refractivity contribution < 1.29 is 8.42 Å². The second-order valence-corrected chi connectivity index (χ2v) is 8.50. The third kappa shape index (κ3) is 2.93. The normalized spacial score (nSPS) is 17.7. The van der Waals surface area contributed by atoms with Gasteiger partial charge in [0.15, 0.2) is 0 Å². The summed E-state index contributed by atoms with van der Waals surface area (Å²) in [5.41, 5.74) is 3.55. The van der Waals surface area contributed by atoms with Crippen LogP contribution in [0.2, 0.25) is 0 Å². The first-order chi connectivity index (χ1) is 10.9. The van der Waals surface area contributed by atoms with E-state index in [0.29, 0.717) is 10.8 Å². The van der Waals surface area contributed by atoms with Gasteiger partial charge in [0.1, 0.15) is 0 Å².